The molecule has 0 saturated heterocycles. The molecule has 4 aromatic rings. The van der Waals surface area contributed by atoms with E-state index in [0.717, 1.165) is 0 Å². The SMILES string of the molecule is CC.Cc1cc2c3ncsc3c3cc(C)sc3c2s1. The second kappa shape index (κ2) is 4.85. The molecular weight excluding hydrogens is 290 g/mol. The summed E-state index contributed by atoms with van der Waals surface area (Å²) in [6, 6.07) is 4.57. The summed E-state index contributed by atoms with van der Waals surface area (Å²) in [5, 5.41) is 2.72. The van der Waals surface area contributed by atoms with E-state index in [4.69, 9.17) is 0 Å². The summed E-state index contributed by atoms with van der Waals surface area (Å²) in [6.07, 6.45) is 0. The van der Waals surface area contributed by atoms with E-state index in [0.29, 0.717) is 0 Å². The van der Waals surface area contributed by atoms with E-state index in [1.807, 2.05) is 42.0 Å². The third-order valence-corrected chi connectivity index (χ3v) is 6.11. The molecule has 0 amide bonds. The first-order valence-electron chi connectivity index (χ1n) is 6.39. The molecule has 0 unspecified atom stereocenters. The van der Waals surface area contributed by atoms with Crippen molar-refractivity contribution in [3.05, 3.63) is 27.4 Å². The number of aromatic nitrogens is 1. The summed E-state index contributed by atoms with van der Waals surface area (Å²) in [7, 11) is 0. The van der Waals surface area contributed by atoms with E-state index in [1.165, 1.54) is 40.1 Å². The van der Waals surface area contributed by atoms with E-state index >= 15 is 0 Å². The third-order valence-electron chi connectivity index (χ3n) is 2.98. The van der Waals surface area contributed by atoms with E-state index in [1.54, 1.807) is 11.3 Å². The molecule has 0 spiro atoms. The smallest absolute Gasteiger partial charge is 0.0906 e. The largest absolute Gasteiger partial charge is 0.244 e. The van der Waals surface area contributed by atoms with Crippen LogP contribution in [0, 0.1) is 13.8 Å². The Kier molecular flexibility index (Phi) is 3.33. The van der Waals surface area contributed by atoms with Gasteiger partial charge in [-0.2, -0.15) is 0 Å². The van der Waals surface area contributed by atoms with Crippen molar-refractivity contribution >= 4 is 64.4 Å². The number of thiazole rings is 1. The van der Waals surface area contributed by atoms with Gasteiger partial charge in [-0.15, -0.1) is 34.0 Å². The zero-order chi connectivity index (χ0) is 13.6. The van der Waals surface area contributed by atoms with Gasteiger partial charge in [-0.25, -0.2) is 4.98 Å². The maximum Gasteiger partial charge on any atom is 0.0906 e. The first-order chi connectivity index (χ1) is 9.24. The summed E-state index contributed by atoms with van der Waals surface area (Å²) >= 11 is 5.55. The lowest BCUT2D eigenvalue weighted by Gasteiger charge is -1.95. The number of fused-ring (bicyclic) bond motifs is 6. The third kappa shape index (κ3) is 1.90. The van der Waals surface area contributed by atoms with Gasteiger partial charge in [-0.3, -0.25) is 0 Å². The Morgan fingerprint density at radius 1 is 0.842 bits per heavy atom. The van der Waals surface area contributed by atoms with E-state index in [9.17, 15) is 0 Å². The molecule has 1 nitrogen and oxygen atoms in total. The average molecular weight is 305 g/mol. The van der Waals surface area contributed by atoms with Crippen LogP contribution in [0.5, 0.6) is 0 Å². The second-order valence-electron chi connectivity index (χ2n) is 4.23. The molecule has 0 aliphatic rings. The summed E-state index contributed by atoms with van der Waals surface area (Å²) in [6.45, 7) is 8.36. The summed E-state index contributed by atoms with van der Waals surface area (Å²) in [5.41, 5.74) is 3.14. The fourth-order valence-corrected chi connectivity index (χ4v) is 5.42. The highest BCUT2D eigenvalue weighted by atomic mass is 32.1. The van der Waals surface area contributed by atoms with Crippen LogP contribution in [0.25, 0.3) is 30.4 Å². The van der Waals surface area contributed by atoms with Crippen LogP contribution in [-0.4, -0.2) is 4.98 Å². The first kappa shape index (κ1) is 13.0. The van der Waals surface area contributed by atoms with Gasteiger partial charge in [0.1, 0.15) is 0 Å². The topological polar surface area (TPSA) is 12.9 Å². The molecule has 0 aliphatic heterocycles. The Bertz CT molecular complexity index is 793. The van der Waals surface area contributed by atoms with Crippen molar-refractivity contribution < 1.29 is 0 Å². The Hall–Kier alpha value is -0.970. The molecule has 3 heterocycles. The number of benzene rings is 1. The summed E-state index contributed by atoms with van der Waals surface area (Å²) < 4.78 is 4.19. The fraction of sp³-hybridized carbons (Fsp3) is 0.267. The van der Waals surface area contributed by atoms with Crippen molar-refractivity contribution in [1.82, 2.24) is 4.98 Å². The van der Waals surface area contributed by atoms with Crippen molar-refractivity contribution in [3.63, 3.8) is 0 Å². The minimum atomic E-state index is 1.18. The maximum atomic E-state index is 4.55. The predicted molar refractivity (Wildman–Crippen MR) is 91.2 cm³/mol. The normalized spacial score (nSPS) is 11.2. The van der Waals surface area contributed by atoms with Gasteiger partial charge in [0, 0.05) is 20.5 Å². The highest BCUT2D eigenvalue weighted by Crippen LogP contribution is 2.43. The average Bonchev–Trinajstić information content (AvgIpc) is 3.07. The number of thiophene rings is 2. The number of aryl methyl sites for hydroxylation is 2. The van der Waals surface area contributed by atoms with Gasteiger partial charge in [-0.05, 0) is 26.0 Å². The fourth-order valence-electron chi connectivity index (χ4n) is 2.34. The first-order valence-corrected chi connectivity index (χ1v) is 8.91. The number of rotatable bonds is 0. The number of hydrogen-bond donors (Lipinski definition) is 0. The molecular formula is C15H15NS3. The molecule has 0 aliphatic carbocycles. The van der Waals surface area contributed by atoms with Crippen LogP contribution in [-0.2, 0) is 0 Å². The molecule has 0 bridgehead atoms. The standard InChI is InChI=1S/C13H9NS3.C2H6/c1-6-3-8-10-11(15-5-14-10)9-4-7(2)17-13(9)12(8)16-6;1-2/h3-5H,1-2H3;1-2H3. The van der Waals surface area contributed by atoms with Crippen LogP contribution in [0.3, 0.4) is 0 Å². The molecule has 1 aromatic carbocycles. The Balaban J connectivity index is 0.000000528. The van der Waals surface area contributed by atoms with Crippen LogP contribution in [0.2, 0.25) is 0 Å². The summed E-state index contributed by atoms with van der Waals surface area (Å²) in [5.74, 6) is 0. The van der Waals surface area contributed by atoms with Crippen molar-refractivity contribution in [2.24, 2.45) is 0 Å². The molecule has 19 heavy (non-hydrogen) atoms. The van der Waals surface area contributed by atoms with Gasteiger partial charge in [0.05, 0.1) is 25.1 Å². The maximum absolute atomic E-state index is 4.55. The van der Waals surface area contributed by atoms with E-state index in [-0.39, 0.29) is 0 Å². The minimum Gasteiger partial charge on any atom is -0.244 e. The molecule has 98 valence electrons. The van der Waals surface area contributed by atoms with Gasteiger partial charge >= 0.3 is 0 Å². The van der Waals surface area contributed by atoms with Crippen LogP contribution in [0.15, 0.2) is 17.6 Å². The molecule has 3 aromatic heterocycles. The van der Waals surface area contributed by atoms with Crippen LogP contribution < -0.4 is 0 Å². The predicted octanol–water partition coefficient (Wildman–Crippen LogP) is 6.37. The molecule has 0 fully saturated rings. The van der Waals surface area contributed by atoms with Crippen LogP contribution >= 0.6 is 34.0 Å². The lowest BCUT2D eigenvalue weighted by Crippen LogP contribution is -1.70. The zero-order valence-corrected chi connectivity index (χ0v) is 13.9. The zero-order valence-electron chi connectivity index (χ0n) is 11.4. The van der Waals surface area contributed by atoms with Gasteiger partial charge in [0.25, 0.3) is 0 Å². The molecule has 0 atom stereocenters. The monoisotopic (exact) mass is 305 g/mol. The van der Waals surface area contributed by atoms with Crippen molar-refractivity contribution in [1.29, 1.82) is 0 Å². The van der Waals surface area contributed by atoms with Gasteiger partial charge in [0.2, 0.25) is 0 Å². The van der Waals surface area contributed by atoms with Gasteiger partial charge < -0.3 is 0 Å². The van der Waals surface area contributed by atoms with Crippen molar-refractivity contribution in [2.75, 3.05) is 0 Å². The Morgan fingerprint density at radius 3 is 2.11 bits per heavy atom. The summed E-state index contributed by atoms with van der Waals surface area (Å²) in [4.78, 5) is 7.30. The highest BCUT2D eigenvalue weighted by molar-refractivity contribution is 7.28. The number of hydrogen-bond acceptors (Lipinski definition) is 4. The lowest BCUT2D eigenvalue weighted by atomic mass is 10.2. The lowest BCUT2D eigenvalue weighted by molar-refractivity contribution is 1.50. The molecule has 4 heteroatoms. The Morgan fingerprint density at radius 2 is 1.42 bits per heavy atom. The van der Waals surface area contributed by atoms with E-state index in [2.05, 4.69) is 31.0 Å². The quantitative estimate of drug-likeness (QED) is 0.368. The molecule has 0 N–H and O–H groups in total. The van der Waals surface area contributed by atoms with Crippen LogP contribution in [0.1, 0.15) is 23.6 Å². The molecule has 0 radical (unpaired) electrons. The Labute approximate surface area is 124 Å². The number of nitrogens with zero attached hydrogens (tertiary/aromatic N) is 1. The van der Waals surface area contributed by atoms with Crippen LogP contribution in [0.4, 0.5) is 0 Å². The van der Waals surface area contributed by atoms with E-state index < -0.39 is 0 Å². The van der Waals surface area contributed by atoms with Crippen molar-refractivity contribution in [2.45, 2.75) is 27.7 Å². The molecule has 0 saturated carbocycles. The molecule has 4 rings (SSSR count). The van der Waals surface area contributed by atoms with Crippen molar-refractivity contribution in [3.8, 4) is 0 Å². The second-order valence-corrected chi connectivity index (χ2v) is 7.60. The van der Waals surface area contributed by atoms with Gasteiger partial charge in [-0.1, -0.05) is 13.8 Å². The van der Waals surface area contributed by atoms with Gasteiger partial charge in [0.15, 0.2) is 0 Å². The minimum absolute atomic E-state index is 1.18. The highest BCUT2D eigenvalue weighted by Gasteiger charge is 2.14.